The van der Waals surface area contributed by atoms with Gasteiger partial charge in [0.1, 0.15) is 13.2 Å². The monoisotopic (exact) mass is 1150 g/mol. The van der Waals surface area contributed by atoms with Crippen LogP contribution in [0.4, 0.5) is 0 Å². The van der Waals surface area contributed by atoms with Crippen molar-refractivity contribution in [3.63, 3.8) is 0 Å². The molecule has 0 aliphatic rings. The summed E-state index contributed by atoms with van der Waals surface area (Å²) in [5.41, 5.74) is 0. The number of unbranched alkanes of at least 4 members (excludes halogenated alkanes) is 26. The number of allylic oxidation sites excluding steroid dienone is 24. The molecule has 6 heteroatoms. The molecule has 0 aromatic carbocycles. The van der Waals surface area contributed by atoms with Crippen molar-refractivity contribution < 1.29 is 28.6 Å². The normalized spacial score (nSPS) is 13.0. The first-order chi connectivity index (χ1) is 41.0. The molecule has 0 aromatic heterocycles. The van der Waals surface area contributed by atoms with Gasteiger partial charge in [-0.2, -0.15) is 0 Å². The minimum atomic E-state index is -0.824. The lowest BCUT2D eigenvalue weighted by Gasteiger charge is -2.18. The van der Waals surface area contributed by atoms with Crippen LogP contribution >= 0.6 is 0 Å². The highest BCUT2D eigenvalue weighted by Gasteiger charge is 2.19. The van der Waals surface area contributed by atoms with E-state index in [1.54, 1.807) is 0 Å². The molecule has 0 fully saturated rings. The predicted molar refractivity (Wildman–Crippen MR) is 362 cm³/mol. The maximum Gasteiger partial charge on any atom is 0.306 e. The minimum absolute atomic E-state index is 0.110. The van der Waals surface area contributed by atoms with Crippen molar-refractivity contribution >= 4 is 17.9 Å². The van der Waals surface area contributed by atoms with E-state index in [-0.39, 0.29) is 31.6 Å². The first-order valence-corrected chi connectivity index (χ1v) is 34.3. The first kappa shape index (κ1) is 78.3. The molecule has 0 saturated heterocycles. The van der Waals surface area contributed by atoms with Crippen molar-refractivity contribution in [1.82, 2.24) is 0 Å². The molecule has 0 aromatic rings. The Morgan fingerprint density at radius 1 is 0.253 bits per heavy atom. The molecule has 0 saturated carbocycles. The van der Waals surface area contributed by atoms with Gasteiger partial charge in [0.05, 0.1) is 0 Å². The molecule has 0 bridgehead atoms. The summed E-state index contributed by atoms with van der Waals surface area (Å²) in [4.78, 5) is 38.4. The van der Waals surface area contributed by atoms with Crippen LogP contribution in [-0.2, 0) is 28.6 Å². The second kappa shape index (κ2) is 69.8. The van der Waals surface area contributed by atoms with E-state index in [9.17, 15) is 14.4 Å². The molecule has 0 spiro atoms. The van der Waals surface area contributed by atoms with Gasteiger partial charge in [-0.15, -0.1) is 0 Å². The lowest BCUT2D eigenvalue weighted by atomic mass is 10.0. The third kappa shape index (κ3) is 68.0. The number of hydrogen-bond acceptors (Lipinski definition) is 6. The molecule has 0 heterocycles. The molecule has 0 radical (unpaired) electrons. The Balaban J connectivity index is 4.37. The highest BCUT2D eigenvalue weighted by molar-refractivity contribution is 5.71. The summed E-state index contributed by atoms with van der Waals surface area (Å²) in [7, 11) is 0. The molecule has 470 valence electrons. The summed E-state index contributed by atoms with van der Waals surface area (Å²) in [5.74, 6) is -0.990. The number of carbonyl (C=O) groups excluding carboxylic acids is 3. The van der Waals surface area contributed by atoms with Crippen LogP contribution in [0, 0.1) is 0 Å². The smallest absolute Gasteiger partial charge is 0.306 e. The van der Waals surface area contributed by atoms with E-state index in [2.05, 4.69) is 161 Å². The summed E-state index contributed by atoms with van der Waals surface area (Å²) >= 11 is 0. The van der Waals surface area contributed by atoms with Crippen molar-refractivity contribution in [2.45, 2.75) is 309 Å². The predicted octanol–water partition coefficient (Wildman–Crippen LogP) is 23.9. The average Bonchev–Trinajstić information content (AvgIpc) is 3.49. The van der Waals surface area contributed by atoms with E-state index in [1.807, 2.05) is 6.08 Å². The number of ether oxygens (including phenoxy) is 3. The van der Waals surface area contributed by atoms with Crippen LogP contribution < -0.4 is 0 Å². The molecule has 83 heavy (non-hydrogen) atoms. The van der Waals surface area contributed by atoms with Crippen LogP contribution in [0.1, 0.15) is 303 Å². The van der Waals surface area contributed by atoms with Crippen molar-refractivity contribution in [2.75, 3.05) is 13.2 Å². The van der Waals surface area contributed by atoms with Crippen molar-refractivity contribution in [1.29, 1.82) is 0 Å². The van der Waals surface area contributed by atoms with E-state index in [4.69, 9.17) is 14.2 Å². The van der Waals surface area contributed by atoms with Gasteiger partial charge < -0.3 is 14.2 Å². The lowest BCUT2D eigenvalue weighted by Crippen LogP contribution is -2.30. The maximum atomic E-state index is 12.9. The molecule has 0 amide bonds. The fourth-order valence-corrected chi connectivity index (χ4v) is 9.30. The Kier molecular flexibility index (Phi) is 65.8. The number of esters is 3. The second-order valence-electron chi connectivity index (χ2n) is 22.3. The summed E-state index contributed by atoms with van der Waals surface area (Å²) in [6.07, 6.45) is 100. The SMILES string of the molecule is CC/C=C\C/C=C\C/C=C\C/C=C\C/C=C\C/C=C\CCCCCCCCCCCCCCC(=O)OCC(COC(=O)CCCCCCCCCCCCCCCCC)OC(=O)CC/C=C\C/C=C\C/C=C\C/C=C\C/C=C\C/C=C\CC. The topological polar surface area (TPSA) is 78.9 Å². The van der Waals surface area contributed by atoms with E-state index in [0.29, 0.717) is 19.3 Å². The van der Waals surface area contributed by atoms with E-state index in [0.717, 1.165) is 116 Å². The van der Waals surface area contributed by atoms with Gasteiger partial charge in [-0.1, -0.05) is 321 Å². The fourth-order valence-electron chi connectivity index (χ4n) is 9.30. The van der Waals surface area contributed by atoms with Gasteiger partial charge in [-0.25, -0.2) is 0 Å². The lowest BCUT2D eigenvalue weighted by molar-refractivity contribution is -0.166. The van der Waals surface area contributed by atoms with Gasteiger partial charge in [0.15, 0.2) is 6.10 Å². The third-order valence-electron chi connectivity index (χ3n) is 14.4. The zero-order valence-electron chi connectivity index (χ0n) is 53.9. The zero-order valence-corrected chi connectivity index (χ0v) is 53.9. The summed E-state index contributed by atoms with van der Waals surface area (Å²) in [6.45, 7) is 6.37. The Labute approximate surface area is 512 Å². The minimum Gasteiger partial charge on any atom is -0.462 e. The van der Waals surface area contributed by atoms with Crippen LogP contribution in [0.25, 0.3) is 0 Å². The van der Waals surface area contributed by atoms with Gasteiger partial charge in [0.25, 0.3) is 0 Å². The van der Waals surface area contributed by atoms with Gasteiger partial charge in [0.2, 0.25) is 0 Å². The van der Waals surface area contributed by atoms with Crippen LogP contribution in [0.2, 0.25) is 0 Å². The first-order valence-electron chi connectivity index (χ1n) is 34.3. The van der Waals surface area contributed by atoms with Crippen molar-refractivity contribution in [3.05, 3.63) is 146 Å². The molecular weight excluding hydrogens is 1020 g/mol. The van der Waals surface area contributed by atoms with Gasteiger partial charge in [0, 0.05) is 19.3 Å². The largest absolute Gasteiger partial charge is 0.462 e. The van der Waals surface area contributed by atoms with Gasteiger partial charge in [-0.05, 0) is 109 Å². The van der Waals surface area contributed by atoms with Gasteiger partial charge in [-0.3, -0.25) is 14.4 Å². The zero-order chi connectivity index (χ0) is 59.9. The van der Waals surface area contributed by atoms with Crippen LogP contribution in [0.3, 0.4) is 0 Å². The van der Waals surface area contributed by atoms with Crippen molar-refractivity contribution in [2.24, 2.45) is 0 Å². The standard InChI is InChI=1S/C77H126O6/c1-4-7-10-13-16-19-22-25-28-30-32-33-34-35-36-37-38-39-40-41-42-43-45-46-49-52-55-58-61-64-67-70-76(79)82-73-74(72-81-75(78)69-66-63-60-57-54-51-48-27-24-21-18-15-12-9-6-3)83-77(80)71-68-65-62-59-56-53-50-47-44-31-29-26-23-20-17-14-11-8-5-2/h7-8,10-11,16-17,19-20,25-26,28-29,32-33,35-36,38-39,44,47,53,56,62,65,74H,4-6,9,12-15,18,21-24,27,30-31,34,37,40-43,45-46,48-52,54-55,57-61,63-64,66-73H2,1-3H3/b10-7-,11-8-,19-16-,20-17-,28-25-,29-26-,33-32-,36-35-,39-38-,47-44-,56-53-,65-62-. The van der Waals surface area contributed by atoms with E-state index < -0.39 is 12.1 Å². The van der Waals surface area contributed by atoms with Crippen LogP contribution in [0.5, 0.6) is 0 Å². The highest BCUT2D eigenvalue weighted by Crippen LogP contribution is 2.16. The number of carbonyl (C=O) groups is 3. The third-order valence-corrected chi connectivity index (χ3v) is 14.4. The van der Waals surface area contributed by atoms with E-state index >= 15 is 0 Å². The molecule has 0 N–H and O–H groups in total. The molecule has 0 aliphatic heterocycles. The molecule has 0 aliphatic carbocycles. The molecule has 0 rings (SSSR count). The Morgan fingerprint density at radius 2 is 0.494 bits per heavy atom. The Hall–Kier alpha value is -4.71. The fraction of sp³-hybridized carbons (Fsp3) is 0.649. The average molecular weight is 1150 g/mol. The molecular formula is C77H126O6. The highest BCUT2D eigenvalue weighted by atomic mass is 16.6. The van der Waals surface area contributed by atoms with E-state index in [1.165, 1.54) is 141 Å². The second-order valence-corrected chi connectivity index (χ2v) is 22.3. The summed E-state index contributed by atoms with van der Waals surface area (Å²) < 4.78 is 16.9. The number of hydrogen-bond donors (Lipinski definition) is 0. The van der Waals surface area contributed by atoms with Gasteiger partial charge >= 0.3 is 17.9 Å². The quantitative estimate of drug-likeness (QED) is 0.0261. The van der Waals surface area contributed by atoms with Crippen molar-refractivity contribution in [3.8, 4) is 0 Å². The Morgan fingerprint density at radius 3 is 0.783 bits per heavy atom. The molecule has 1 unspecified atom stereocenters. The number of rotatable bonds is 61. The Bertz CT molecular complexity index is 1800. The molecule has 6 nitrogen and oxygen atoms in total. The summed E-state index contributed by atoms with van der Waals surface area (Å²) in [5, 5.41) is 0. The molecule has 1 atom stereocenters. The van der Waals surface area contributed by atoms with Crippen LogP contribution in [-0.4, -0.2) is 37.2 Å². The van der Waals surface area contributed by atoms with Crippen LogP contribution in [0.15, 0.2) is 146 Å². The summed E-state index contributed by atoms with van der Waals surface area (Å²) in [6, 6.07) is 0. The maximum absolute atomic E-state index is 12.9.